The number of likely N-dealkylation sites (N-methyl/N-ethyl adjacent to an activating group) is 1. The van der Waals surface area contributed by atoms with Crippen molar-refractivity contribution in [1.29, 1.82) is 0 Å². The first-order valence-corrected chi connectivity index (χ1v) is 4.75. The van der Waals surface area contributed by atoms with Crippen LogP contribution in [0.5, 0.6) is 0 Å². The van der Waals surface area contributed by atoms with Gasteiger partial charge in [-0.2, -0.15) is 0 Å². The van der Waals surface area contributed by atoms with Gasteiger partial charge in [0.25, 0.3) is 0 Å². The highest BCUT2D eigenvalue weighted by Gasteiger charge is 2.25. The number of hydrogen-bond acceptors (Lipinski definition) is 3. The Kier molecular flexibility index (Phi) is 3.98. The molecule has 0 radical (unpaired) electrons. The van der Waals surface area contributed by atoms with Crippen molar-refractivity contribution in [1.82, 2.24) is 4.90 Å². The smallest absolute Gasteiger partial charge is 0.0695 e. The zero-order chi connectivity index (χ0) is 8.97. The third kappa shape index (κ3) is 2.44. The fourth-order valence-corrected chi connectivity index (χ4v) is 1.93. The molecule has 1 rings (SSSR count). The molecule has 12 heavy (non-hydrogen) atoms. The summed E-state index contributed by atoms with van der Waals surface area (Å²) in [5, 5.41) is 18.4. The van der Waals surface area contributed by atoms with Gasteiger partial charge in [0.05, 0.1) is 12.7 Å². The lowest BCUT2D eigenvalue weighted by atomic mass is 9.92. The molecule has 2 atom stereocenters. The van der Waals surface area contributed by atoms with E-state index >= 15 is 0 Å². The maximum absolute atomic E-state index is 9.64. The summed E-state index contributed by atoms with van der Waals surface area (Å²) >= 11 is 0. The van der Waals surface area contributed by atoms with Crippen LogP contribution in [-0.2, 0) is 0 Å². The van der Waals surface area contributed by atoms with Crippen LogP contribution in [0, 0.1) is 0 Å². The Morgan fingerprint density at radius 2 is 2.00 bits per heavy atom. The van der Waals surface area contributed by atoms with Gasteiger partial charge in [-0.15, -0.1) is 0 Å². The molecule has 3 nitrogen and oxygen atoms in total. The van der Waals surface area contributed by atoms with Crippen molar-refractivity contribution in [3.63, 3.8) is 0 Å². The average molecular weight is 173 g/mol. The highest BCUT2D eigenvalue weighted by Crippen LogP contribution is 2.21. The Labute approximate surface area is 74.0 Å². The number of aliphatic hydroxyl groups excluding tert-OH is 2. The van der Waals surface area contributed by atoms with Crippen LogP contribution in [0.2, 0.25) is 0 Å². The van der Waals surface area contributed by atoms with Gasteiger partial charge in [0.1, 0.15) is 0 Å². The van der Waals surface area contributed by atoms with Crippen molar-refractivity contribution in [2.45, 2.75) is 37.8 Å². The van der Waals surface area contributed by atoms with E-state index in [9.17, 15) is 5.11 Å². The molecule has 2 N–H and O–H groups in total. The normalized spacial score (nSPS) is 31.0. The fourth-order valence-electron chi connectivity index (χ4n) is 1.93. The van der Waals surface area contributed by atoms with Crippen LogP contribution >= 0.6 is 0 Å². The molecule has 1 aliphatic carbocycles. The predicted molar refractivity (Wildman–Crippen MR) is 48.0 cm³/mol. The van der Waals surface area contributed by atoms with E-state index in [0.717, 1.165) is 19.3 Å². The first-order valence-electron chi connectivity index (χ1n) is 4.75. The molecule has 0 aliphatic heterocycles. The fraction of sp³-hybridized carbons (Fsp3) is 1.00. The Balaban J connectivity index is 2.36. The van der Waals surface area contributed by atoms with Gasteiger partial charge in [-0.05, 0) is 19.9 Å². The average Bonchev–Trinajstić information content (AvgIpc) is 2.05. The quantitative estimate of drug-likeness (QED) is 0.641. The second-order valence-electron chi connectivity index (χ2n) is 3.62. The van der Waals surface area contributed by atoms with Gasteiger partial charge in [-0.3, -0.25) is 4.90 Å². The van der Waals surface area contributed by atoms with E-state index in [1.807, 2.05) is 7.05 Å². The van der Waals surface area contributed by atoms with Gasteiger partial charge < -0.3 is 10.2 Å². The molecule has 0 spiro atoms. The summed E-state index contributed by atoms with van der Waals surface area (Å²) in [7, 11) is 1.97. The zero-order valence-corrected chi connectivity index (χ0v) is 7.74. The van der Waals surface area contributed by atoms with Crippen LogP contribution < -0.4 is 0 Å². The molecule has 0 bridgehead atoms. The first kappa shape index (κ1) is 9.96. The lowest BCUT2D eigenvalue weighted by molar-refractivity contribution is 0.0258. The molecule has 0 aromatic heterocycles. The van der Waals surface area contributed by atoms with E-state index in [1.54, 1.807) is 0 Å². The maximum Gasteiger partial charge on any atom is 0.0695 e. The van der Waals surface area contributed by atoms with E-state index in [1.165, 1.54) is 6.42 Å². The molecule has 72 valence electrons. The zero-order valence-electron chi connectivity index (χ0n) is 7.74. The Morgan fingerprint density at radius 3 is 2.58 bits per heavy atom. The minimum absolute atomic E-state index is 0.180. The van der Waals surface area contributed by atoms with Crippen molar-refractivity contribution in [3.05, 3.63) is 0 Å². The van der Waals surface area contributed by atoms with Gasteiger partial charge in [0, 0.05) is 12.6 Å². The predicted octanol–water partition coefficient (Wildman–Crippen LogP) is 0.214. The van der Waals surface area contributed by atoms with Crippen LogP contribution in [0.3, 0.4) is 0 Å². The maximum atomic E-state index is 9.64. The van der Waals surface area contributed by atoms with Crippen LogP contribution in [0.4, 0.5) is 0 Å². The number of aliphatic hydroxyl groups is 2. The molecule has 0 aromatic carbocycles. The SMILES string of the molecule is CN(CCO)C1CCCCC1O. The van der Waals surface area contributed by atoms with Gasteiger partial charge in [0.15, 0.2) is 0 Å². The Hall–Kier alpha value is -0.120. The van der Waals surface area contributed by atoms with Crippen molar-refractivity contribution in [2.24, 2.45) is 0 Å². The van der Waals surface area contributed by atoms with Gasteiger partial charge in [-0.25, -0.2) is 0 Å². The standard InChI is InChI=1S/C9H19NO2/c1-10(6-7-11)8-4-2-3-5-9(8)12/h8-9,11-12H,2-7H2,1H3. The van der Waals surface area contributed by atoms with Crippen LogP contribution in [0.1, 0.15) is 25.7 Å². The second-order valence-corrected chi connectivity index (χ2v) is 3.62. The van der Waals surface area contributed by atoms with Crippen molar-refractivity contribution in [2.75, 3.05) is 20.2 Å². The van der Waals surface area contributed by atoms with Crippen molar-refractivity contribution in [3.8, 4) is 0 Å². The molecular formula is C9H19NO2. The molecule has 0 aromatic rings. The Morgan fingerprint density at radius 1 is 1.33 bits per heavy atom. The molecule has 3 heteroatoms. The van der Waals surface area contributed by atoms with Gasteiger partial charge in [-0.1, -0.05) is 12.8 Å². The summed E-state index contributed by atoms with van der Waals surface area (Å²) in [6, 6.07) is 0.269. The second kappa shape index (κ2) is 4.80. The largest absolute Gasteiger partial charge is 0.395 e. The van der Waals surface area contributed by atoms with Crippen LogP contribution in [0.15, 0.2) is 0 Å². The summed E-state index contributed by atoms with van der Waals surface area (Å²) in [4.78, 5) is 2.06. The first-order chi connectivity index (χ1) is 5.75. The minimum Gasteiger partial charge on any atom is -0.395 e. The summed E-state index contributed by atoms with van der Waals surface area (Å²) in [6.45, 7) is 0.849. The van der Waals surface area contributed by atoms with E-state index in [2.05, 4.69) is 4.90 Å². The molecule has 2 unspecified atom stereocenters. The number of rotatable bonds is 3. The topological polar surface area (TPSA) is 43.7 Å². The molecule has 0 saturated heterocycles. The lowest BCUT2D eigenvalue weighted by Crippen LogP contribution is -2.44. The molecule has 1 fully saturated rings. The molecule has 0 amide bonds. The third-order valence-electron chi connectivity index (χ3n) is 2.71. The van der Waals surface area contributed by atoms with Crippen molar-refractivity contribution >= 4 is 0 Å². The molecule has 1 aliphatic rings. The van der Waals surface area contributed by atoms with Gasteiger partial charge >= 0.3 is 0 Å². The van der Waals surface area contributed by atoms with E-state index in [0.29, 0.717) is 6.54 Å². The van der Waals surface area contributed by atoms with E-state index < -0.39 is 0 Å². The summed E-state index contributed by atoms with van der Waals surface area (Å²) in [5.74, 6) is 0. The highest BCUT2D eigenvalue weighted by atomic mass is 16.3. The minimum atomic E-state index is -0.185. The lowest BCUT2D eigenvalue weighted by Gasteiger charge is -2.34. The Bertz CT molecular complexity index is 130. The van der Waals surface area contributed by atoms with Gasteiger partial charge in [0.2, 0.25) is 0 Å². The van der Waals surface area contributed by atoms with Crippen LogP contribution in [0.25, 0.3) is 0 Å². The molecular weight excluding hydrogens is 154 g/mol. The summed E-state index contributed by atoms with van der Waals surface area (Å²) < 4.78 is 0. The summed E-state index contributed by atoms with van der Waals surface area (Å²) in [6.07, 6.45) is 4.15. The van der Waals surface area contributed by atoms with E-state index in [-0.39, 0.29) is 18.8 Å². The van der Waals surface area contributed by atoms with Crippen molar-refractivity contribution < 1.29 is 10.2 Å². The number of hydrogen-bond donors (Lipinski definition) is 2. The molecule has 0 heterocycles. The molecule has 1 saturated carbocycles. The van der Waals surface area contributed by atoms with Crippen LogP contribution in [-0.4, -0.2) is 47.5 Å². The highest BCUT2D eigenvalue weighted by molar-refractivity contribution is 4.81. The third-order valence-corrected chi connectivity index (χ3v) is 2.71. The van der Waals surface area contributed by atoms with E-state index in [4.69, 9.17) is 5.11 Å². The monoisotopic (exact) mass is 173 g/mol. The number of nitrogens with zero attached hydrogens (tertiary/aromatic N) is 1. The summed E-state index contributed by atoms with van der Waals surface area (Å²) in [5.41, 5.74) is 0.